The first-order valence-corrected chi connectivity index (χ1v) is 18.9. The number of hydrogen-bond donors (Lipinski definition) is 1. The number of benzene rings is 8. The summed E-state index contributed by atoms with van der Waals surface area (Å²) in [5, 5.41) is 7.39. The summed E-state index contributed by atoms with van der Waals surface area (Å²) >= 11 is 4.96. The summed E-state index contributed by atoms with van der Waals surface area (Å²) in [7, 11) is 0. The maximum absolute atomic E-state index is 6.58. The lowest BCUT2D eigenvalue weighted by Gasteiger charge is -2.28. The van der Waals surface area contributed by atoms with Gasteiger partial charge >= 0.3 is 0 Å². The van der Waals surface area contributed by atoms with E-state index in [1.165, 1.54) is 66.1 Å². The van der Waals surface area contributed by atoms with Gasteiger partial charge in [0.25, 0.3) is 0 Å². The van der Waals surface area contributed by atoms with E-state index in [0.717, 1.165) is 43.9 Å². The maximum atomic E-state index is 6.58. The second-order valence-corrected chi connectivity index (χ2v) is 16.4. The number of fused-ring (bicyclic) bond motifs is 13. The molecule has 2 nitrogen and oxygen atoms in total. The minimum absolute atomic E-state index is 0.103. The Labute approximate surface area is 314 Å². The van der Waals surface area contributed by atoms with Crippen LogP contribution in [0.3, 0.4) is 0 Å². The fraction of sp³-hybridized carbons (Fsp3) is 0.120. The van der Waals surface area contributed by atoms with E-state index < -0.39 is 0 Å². The third kappa shape index (κ3) is 4.12. The molecule has 8 aromatic carbocycles. The number of furan rings is 1. The minimum atomic E-state index is -0.179. The summed E-state index contributed by atoms with van der Waals surface area (Å²) in [6.45, 7) is 9.62. The molecule has 2 aliphatic rings. The van der Waals surface area contributed by atoms with E-state index in [-0.39, 0.29) is 10.8 Å². The number of rotatable bonds is 3. The third-order valence-corrected chi connectivity index (χ3v) is 12.7. The normalized spacial score (nSPS) is 14.8. The van der Waals surface area contributed by atoms with E-state index in [9.17, 15) is 0 Å². The Bertz CT molecular complexity index is 3040. The highest BCUT2D eigenvalue weighted by Gasteiger charge is 2.43. The molecule has 0 saturated heterocycles. The van der Waals surface area contributed by atoms with E-state index in [1.807, 2.05) is 18.2 Å². The van der Waals surface area contributed by atoms with Crippen molar-refractivity contribution in [2.24, 2.45) is 0 Å². The van der Waals surface area contributed by atoms with Crippen molar-refractivity contribution in [1.29, 1.82) is 0 Å². The van der Waals surface area contributed by atoms with Crippen LogP contribution in [0.25, 0.3) is 65.7 Å². The van der Waals surface area contributed by atoms with E-state index in [0.29, 0.717) is 0 Å². The van der Waals surface area contributed by atoms with Gasteiger partial charge in [0, 0.05) is 32.2 Å². The van der Waals surface area contributed by atoms with Gasteiger partial charge in [-0.25, -0.2) is 0 Å². The highest BCUT2D eigenvalue weighted by atomic mass is 32.1. The molecule has 53 heavy (non-hydrogen) atoms. The van der Waals surface area contributed by atoms with Crippen LogP contribution in [-0.4, -0.2) is 0 Å². The Hall–Kier alpha value is -5.77. The monoisotopic (exact) mass is 699 g/mol. The zero-order valence-electron chi connectivity index (χ0n) is 30.2. The second-order valence-electron chi connectivity index (χ2n) is 15.9. The van der Waals surface area contributed by atoms with E-state index in [4.69, 9.17) is 17.0 Å². The van der Waals surface area contributed by atoms with Crippen LogP contribution in [0.2, 0.25) is 0 Å². The fourth-order valence-corrected chi connectivity index (χ4v) is 10.1. The van der Waals surface area contributed by atoms with Gasteiger partial charge in [0.05, 0.1) is 11.4 Å². The summed E-state index contributed by atoms with van der Waals surface area (Å²) in [5.41, 5.74) is 15.6. The number of hydrogen-bond acceptors (Lipinski definition) is 3. The Morgan fingerprint density at radius 1 is 0.472 bits per heavy atom. The Kier molecular flexibility index (Phi) is 6.19. The summed E-state index contributed by atoms with van der Waals surface area (Å²) in [6.07, 6.45) is 0. The lowest BCUT2D eigenvalue weighted by atomic mass is 9.78. The summed E-state index contributed by atoms with van der Waals surface area (Å²) in [6, 6.07) is 53.2. The summed E-state index contributed by atoms with van der Waals surface area (Å²) in [5.74, 6) is 0. The molecule has 2 aliphatic carbocycles. The van der Waals surface area contributed by atoms with Crippen molar-refractivity contribution in [2.45, 2.75) is 43.4 Å². The third-order valence-electron chi connectivity index (χ3n) is 12.3. The molecule has 0 fully saturated rings. The van der Waals surface area contributed by atoms with Crippen LogP contribution < -0.4 is 4.90 Å². The van der Waals surface area contributed by atoms with E-state index in [2.05, 4.69) is 160 Å². The number of para-hydroxylation sites is 3. The van der Waals surface area contributed by atoms with Crippen molar-refractivity contribution in [3.05, 3.63) is 168 Å². The lowest BCUT2D eigenvalue weighted by molar-refractivity contribution is 0.657. The highest BCUT2D eigenvalue weighted by molar-refractivity contribution is 7.80. The zero-order chi connectivity index (χ0) is 35.8. The molecule has 0 amide bonds. The second kappa shape index (κ2) is 10.7. The molecule has 0 atom stereocenters. The molecule has 0 radical (unpaired) electrons. The molecule has 0 bridgehead atoms. The van der Waals surface area contributed by atoms with Crippen LogP contribution in [0.15, 0.2) is 155 Å². The number of nitrogens with zero attached hydrogens (tertiary/aromatic N) is 1. The highest BCUT2D eigenvalue weighted by Crippen LogP contribution is 2.58. The molecule has 0 aliphatic heterocycles. The predicted octanol–water partition coefficient (Wildman–Crippen LogP) is 14.3. The molecular formula is C50H37NOS. The van der Waals surface area contributed by atoms with Crippen LogP contribution in [0.5, 0.6) is 0 Å². The molecule has 0 unspecified atom stereocenters. The largest absolute Gasteiger partial charge is 0.454 e. The summed E-state index contributed by atoms with van der Waals surface area (Å²) < 4.78 is 6.58. The number of thiol groups is 1. The lowest BCUT2D eigenvalue weighted by Crippen LogP contribution is -2.17. The van der Waals surface area contributed by atoms with Gasteiger partial charge in [0.15, 0.2) is 5.58 Å². The Morgan fingerprint density at radius 2 is 1.06 bits per heavy atom. The van der Waals surface area contributed by atoms with Gasteiger partial charge < -0.3 is 9.32 Å². The SMILES string of the molecule is CC1(C)c2cc3c(cc2-c2ccc4ccccc4c21)C(C)(C)c1c-3ccc2cc(N(c3ccccc3S)c3cccc4c3oc3ccccc34)ccc12. The van der Waals surface area contributed by atoms with Gasteiger partial charge in [-0.05, 0) is 115 Å². The van der Waals surface area contributed by atoms with Crippen LogP contribution in [0, 0.1) is 0 Å². The van der Waals surface area contributed by atoms with Crippen molar-refractivity contribution in [1.82, 2.24) is 0 Å². The first kappa shape index (κ1) is 30.8. The van der Waals surface area contributed by atoms with Crippen LogP contribution >= 0.6 is 12.6 Å². The van der Waals surface area contributed by atoms with Gasteiger partial charge in [0.2, 0.25) is 0 Å². The molecule has 3 heteroatoms. The fourth-order valence-electron chi connectivity index (χ4n) is 9.84. The van der Waals surface area contributed by atoms with Crippen molar-refractivity contribution in [3.8, 4) is 22.3 Å². The Balaban J connectivity index is 1.09. The molecular weight excluding hydrogens is 663 g/mol. The van der Waals surface area contributed by atoms with Crippen molar-refractivity contribution < 1.29 is 4.42 Å². The van der Waals surface area contributed by atoms with Crippen molar-refractivity contribution in [3.63, 3.8) is 0 Å². The molecule has 1 aromatic heterocycles. The molecule has 0 spiro atoms. The predicted molar refractivity (Wildman–Crippen MR) is 226 cm³/mol. The molecule has 9 aromatic rings. The molecule has 0 saturated carbocycles. The molecule has 0 N–H and O–H groups in total. The topological polar surface area (TPSA) is 16.4 Å². The van der Waals surface area contributed by atoms with Crippen LogP contribution in [-0.2, 0) is 10.8 Å². The standard InChI is InChI=1S/C50H37NOS/c1-49(2)40-28-39-36-24-21-30-26-31(51(42-16-8-10-19-45(42)53)43-17-11-15-37-34-14-7-9-18-44(34)52-48(37)43)22-25-33(30)47(36)50(3,4)41(39)27-38(40)35-23-20-29-12-5-6-13-32(29)46(35)49/h5-28,53H,1-4H3. The van der Waals surface area contributed by atoms with E-state index >= 15 is 0 Å². The smallest absolute Gasteiger partial charge is 0.159 e. The van der Waals surface area contributed by atoms with Crippen LogP contribution in [0.1, 0.15) is 49.9 Å². The molecule has 254 valence electrons. The molecule has 1 heterocycles. The average molecular weight is 700 g/mol. The Morgan fingerprint density at radius 3 is 1.79 bits per heavy atom. The van der Waals surface area contributed by atoms with Crippen molar-refractivity contribution in [2.75, 3.05) is 4.90 Å². The first-order valence-electron chi connectivity index (χ1n) is 18.5. The first-order chi connectivity index (χ1) is 25.7. The quantitative estimate of drug-likeness (QED) is 0.185. The van der Waals surface area contributed by atoms with Crippen molar-refractivity contribution >= 4 is 73.2 Å². The summed E-state index contributed by atoms with van der Waals surface area (Å²) in [4.78, 5) is 3.20. The van der Waals surface area contributed by atoms with E-state index in [1.54, 1.807) is 0 Å². The average Bonchev–Trinajstić information content (AvgIpc) is 3.75. The van der Waals surface area contributed by atoms with Crippen LogP contribution in [0.4, 0.5) is 17.1 Å². The van der Waals surface area contributed by atoms with Gasteiger partial charge in [-0.3, -0.25) is 0 Å². The zero-order valence-corrected chi connectivity index (χ0v) is 31.1. The number of anilines is 3. The maximum Gasteiger partial charge on any atom is 0.159 e. The van der Waals surface area contributed by atoms with Gasteiger partial charge in [-0.2, -0.15) is 0 Å². The van der Waals surface area contributed by atoms with Gasteiger partial charge in [-0.1, -0.05) is 125 Å². The van der Waals surface area contributed by atoms with Gasteiger partial charge in [-0.15, -0.1) is 12.6 Å². The van der Waals surface area contributed by atoms with Gasteiger partial charge in [0.1, 0.15) is 5.58 Å². The molecule has 11 rings (SSSR count). The minimum Gasteiger partial charge on any atom is -0.454 e.